The summed E-state index contributed by atoms with van der Waals surface area (Å²) >= 11 is 0. The lowest BCUT2D eigenvalue weighted by molar-refractivity contribution is 0.104. The van der Waals surface area contributed by atoms with Gasteiger partial charge in [0.1, 0.15) is 18.1 Å². The highest BCUT2D eigenvalue weighted by atomic mass is 19.2. The molecule has 0 N–H and O–H groups in total. The minimum atomic E-state index is -1.64. The van der Waals surface area contributed by atoms with Crippen molar-refractivity contribution < 1.29 is 31.5 Å². The van der Waals surface area contributed by atoms with Crippen LogP contribution in [0.25, 0.3) is 6.08 Å². The van der Waals surface area contributed by atoms with Gasteiger partial charge in [0, 0.05) is 18.8 Å². The summed E-state index contributed by atoms with van der Waals surface area (Å²) in [6.45, 7) is 1.28. The van der Waals surface area contributed by atoms with Crippen molar-refractivity contribution in [2.24, 2.45) is 7.05 Å². The normalized spacial score (nSPS) is 11.4. The Morgan fingerprint density at radius 1 is 1.21 bits per heavy atom. The molecular weight excluding hydrogens is 380 g/mol. The molecule has 0 unspecified atom stereocenters. The molecule has 3 aromatic rings. The molecule has 0 spiro atoms. The number of benzene rings is 1. The van der Waals surface area contributed by atoms with E-state index in [1.807, 2.05) is 0 Å². The molecule has 9 heteroatoms. The molecule has 0 bridgehead atoms. The number of aromatic nitrogens is 2. The lowest BCUT2D eigenvalue weighted by Gasteiger charge is -2.08. The van der Waals surface area contributed by atoms with E-state index in [4.69, 9.17) is 9.15 Å². The predicted molar refractivity (Wildman–Crippen MR) is 90.6 cm³/mol. The van der Waals surface area contributed by atoms with E-state index in [2.05, 4.69) is 5.10 Å². The van der Waals surface area contributed by atoms with Crippen LogP contribution in [0.15, 0.2) is 34.9 Å². The minimum Gasteiger partial charge on any atom is -0.479 e. The van der Waals surface area contributed by atoms with Gasteiger partial charge in [0.2, 0.25) is 11.6 Å². The van der Waals surface area contributed by atoms with Gasteiger partial charge in [0.25, 0.3) is 0 Å². The van der Waals surface area contributed by atoms with Gasteiger partial charge in [-0.3, -0.25) is 9.48 Å². The first-order valence-electron chi connectivity index (χ1n) is 8.03. The Morgan fingerprint density at radius 2 is 1.89 bits per heavy atom. The maximum Gasteiger partial charge on any atom is 0.203 e. The number of aryl methyl sites for hydroxylation is 1. The number of carbonyl (C=O) groups excluding carboxylic acids is 1. The molecule has 0 aliphatic carbocycles. The number of ether oxygens (including phenoxy) is 1. The van der Waals surface area contributed by atoms with Crippen LogP contribution in [0.1, 0.15) is 27.6 Å². The Hall–Kier alpha value is -3.36. The first-order chi connectivity index (χ1) is 13.3. The van der Waals surface area contributed by atoms with Gasteiger partial charge >= 0.3 is 0 Å². The quantitative estimate of drug-likeness (QED) is 0.270. The Labute approximate surface area is 156 Å². The van der Waals surface area contributed by atoms with Crippen LogP contribution in [0, 0.1) is 30.2 Å². The average Bonchev–Trinajstić information content (AvgIpc) is 3.25. The lowest BCUT2D eigenvalue weighted by Crippen LogP contribution is -2.03. The van der Waals surface area contributed by atoms with Crippen LogP contribution in [0.4, 0.5) is 17.6 Å². The summed E-state index contributed by atoms with van der Waals surface area (Å²) in [4.78, 5) is 12.1. The average molecular weight is 394 g/mol. The maximum atomic E-state index is 13.6. The van der Waals surface area contributed by atoms with Crippen LogP contribution >= 0.6 is 0 Å². The van der Waals surface area contributed by atoms with Gasteiger partial charge in [0.05, 0.1) is 11.8 Å². The number of carbonyl (C=O) groups is 1. The van der Waals surface area contributed by atoms with Crippen LogP contribution in [-0.4, -0.2) is 15.6 Å². The lowest BCUT2D eigenvalue weighted by atomic mass is 10.1. The zero-order valence-electron chi connectivity index (χ0n) is 14.8. The van der Waals surface area contributed by atoms with Crippen LogP contribution in [0.3, 0.4) is 0 Å². The maximum absolute atomic E-state index is 13.6. The molecule has 3 rings (SSSR count). The van der Waals surface area contributed by atoms with E-state index < -0.39 is 35.6 Å². The molecule has 0 radical (unpaired) electrons. The highest BCUT2D eigenvalue weighted by molar-refractivity contribution is 6.07. The molecule has 0 fully saturated rings. The molecule has 0 aliphatic heterocycles. The van der Waals surface area contributed by atoms with Gasteiger partial charge in [-0.25, -0.2) is 8.78 Å². The van der Waals surface area contributed by atoms with Gasteiger partial charge in [-0.1, -0.05) is 0 Å². The van der Waals surface area contributed by atoms with E-state index in [0.29, 0.717) is 11.3 Å². The van der Waals surface area contributed by atoms with Crippen molar-refractivity contribution in [3.63, 3.8) is 0 Å². The largest absolute Gasteiger partial charge is 0.479 e. The molecule has 5 nitrogen and oxygen atoms in total. The van der Waals surface area contributed by atoms with Gasteiger partial charge in [-0.15, -0.1) is 0 Å². The van der Waals surface area contributed by atoms with Crippen molar-refractivity contribution in [2.75, 3.05) is 0 Å². The smallest absolute Gasteiger partial charge is 0.203 e. The third-order valence-corrected chi connectivity index (χ3v) is 4.01. The number of hydrogen-bond acceptors (Lipinski definition) is 4. The molecular formula is C19H14F4N2O3. The molecule has 2 heterocycles. The van der Waals surface area contributed by atoms with Crippen molar-refractivity contribution in [2.45, 2.75) is 13.5 Å². The molecule has 0 amide bonds. The number of rotatable bonds is 6. The number of halogens is 4. The summed E-state index contributed by atoms with van der Waals surface area (Å²) in [6, 6.07) is 3.02. The summed E-state index contributed by atoms with van der Waals surface area (Å²) in [7, 11) is 1.71. The second-order valence-corrected chi connectivity index (χ2v) is 5.85. The van der Waals surface area contributed by atoms with Crippen molar-refractivity contribution in [1.82, 2.24) is 9.78 Å². The van der Waals surface area contributed by atoms with Crippen molar-refractivity contribution >= 4 is 11.9 Å². The first kappa shape index (κ1) is 19.4. The van der Waals surface area contributed by atoms with Gasteiger partial charge in [-0.05, 0) is 31.2 Å². The van der Waals surface area contributed by atoms with Crippen LogP contribution in [0.2, 0.25) is 0 Å². The Kier molecular flexibility index (Phi) is 5.34. The van der Waals surface area contributed by atoms with Gasteiger partial charge in [-0.2, -0.15) is 13.9 Å². The molecule has 0 atom stereocenters. The van der Waals surface area contributed by atoms with E-state index >= 15 is 0 Å². The first-order valence-corrected chi connectivity index (χ1v) is 8.03. The molecule has 2 aromatic heterocycles. The molecule has 28 heavy (non-hydrogen) atoms. The fraction of sp³-hybridized carbons (Fsp3) is 0.158. The van der Waals surface area contributed by atoms with E-state index in [1.54, 1.807) is 18.7 Å². The second-order valence-electron chi connectivity index (χ2n) is 5.85. The fourth-order valence-corrected chi connectivity index (χ4v) is 2.37. The Morgan fingerprint density at radius 3 is 2.50 bits per heavy atom. The summed E-state index contributed by atoms with van der Waals surface area (Å²) < 4.78 is 65.2. The SMILES string of the molecule is Cc1c(C(=O)/C=C/c2ccc(COc3c(F)c(F)cc(F)c3F)o2)cnn1C. The molecule has 0 saturated heterocycles. The van der Waals surface area contributed by atoms with Crippen molar-refractivity contribution in [3.8, 4) is 5.75 Å². The zero-order valence-corrected chi connectivity index (χ0v) is 14.8. The van der Waals surface area contributed by atoms with Crippen molar-refractivity contribution in [1.29, 1.82) is 0 Å². The number of hydrogen-bond donors (Lipinski definition) is 0. The predicted octanol–water partition coefficient (Wildman–Crippen LogP) is 4.35. The van der Waals surface area contributed by atoms with Crippen LogP contribution in [0.5, 0.6) is 5.75 Å². The molecule has 146 valence electrons. The van der Waals surface area contributed by atoms with E-state index in [1.165, 1.54) is 30.5 Å². The topological polar surface area (TPSA) is 57.3 Å². The van der Waals surface area contributed by atoms with Gasteiger partial charge in [0.15, 0.2) is 23.2 Å². The fourth-order valence-electron chi connectivity index (χ4n) is 2.37. The van der Waals surface area contributed by atoms with E-state index in [9.17, 15) is 22.4 Å². The van der Waals surface area contributed by atoms with E-state index in [-0.39, 0.29) is 23.4 Å². The summed E-state index contributed by atoms with van der Waals surface area (Å²) in [5, 5.41) is 3.98. The number of allylic oxidation sites excluding steroid dienone is 1. The zero-order chi connectivity index (χ0) is 20.4. The standard InChI is InChI=1S/C19H14F4N2O3/c1-10-13(8-24-25(10)2)16(26)6-5-11-3-4-12(28-11)9-27-19-17(22)14(20)7-15(21)18(19)23/h3-8H,9H2,1-2H3/b6-5+. The molecule has 1 aromatic carbocycles. The van der Waals surface area contributed by atoms with E-state index in [0.717, 1.165) is 0 Å². The monoisotopic (exact) mass is 394 g/mol. The van der Waals surface area contributed by atoms with Gasteiger partial charge < -0.3 is 9.15 Å². The highest BCUT2D eigenvalue weighted by Gasteiger charge is 2.21. The summed E-state index contributed by atoms with van der Waals surface area (Å²) in [5.41, 5.74) is 1.14. The van der Waals surface area contributed by atoms with Crippen LogP contribution in [-0.2, 0) is 13.7 Å². The summed E-state index contributed by atoms with van der Waals surface area (Å²) in [5.74, 6) is -7.45. The molecule has 0 aliphatic rings. The second kappa shape index (κ2) is 7.71. The Bertz CT molecular complexity index is 1040. The number of ketones is 1. The van der Waals surface area contributed by atoms with Crippen LogP contribution < -0.4 is 4.74 Å². The summed E-state index contributed by atoms with van der Waals surface area (Å²) in [6.07, 6.45) is 4.14. The minimum absolute atomic E-state index is 0.0916. The molecule has 0 saturated carbocycles. The highest BCUT2D eigenvalue weighted by Crippen LogP contribution is 2.27. The third kappa shape index (κ3) is 3.83. The number of furan rings is 1. The Balaban J connectivity index is 1.68. The number of nitrogens with zero attached hydrogens (tertiary/aromatic N) is 2. The van der Waals surface area contributed by atoms with Crippen molar-refractivity contribution in [3.05, 3.63) is 76.5 Å². The third-order valence-electron chi connectivity index (χ3n) is 4.01.